The number of hydrogen-bond donors (Lipinski definition) is 2. The fourth-order valence-electron chi connectivity index (χ4n) is 2.40. The van der Waals surface area contributed by atoms with Crippen LogP contribution in [0.2, 0.25) is 0 Å². The van der Waals surface area contributed by atoms with Crippen LogP contribution >= 0.6 is 27.7 Å². The molecule has 118 valence electrons. The van der Waals surface area contributed by atoms with E-state index in [1.807, 2.05) is 6.07 Å². The van der Waals surface area contributed by atoms with Crippen LogP contribution in [0, 0.1) is 11.2 Å². The lowest BCUT2D eigenvalue weighted by Gasteiger charge is -2.11. The molecule has 23 heavy (non-hydrogen) atoms. The predicted octanol–water partition coefficient (Wildman–Crippen LogP) is 3.97. The van der Waals surface area contributed by atoms with E-state index >= 15 is 0 Å². The van der Waals surface area contributed by atoms with Crippen LogP contribution < -0.4 is 5.56 Å². The van der Waals surface area contributed by atoms with Gasteiger partial charge in [-0.2, -0.15) is 0 Å². The molecule has 3 rings (SSSR count). The van der Waals surface area contributed by atoms with Gasteiger partial charge in [-0.1, -0.05) is 0 Å². The monoisotopic (exact) mass is 393 g/mol. The molecule has 4 nitrogen and oxygen atoms in total. The highest BCUT2D eigenvalue weighted by Crippen LogP contribution is 2.30. The Morgan fingerprint density at radius 3 is 2.96 bits per heavy atom. The summed E-state index contributed by atoms with van der Waals surface area (Å²) in [7, 11) is 0. The summed E-state index contributed by atoms with van der Waals surface area (Å²) in [4.78, 5) is 15.0. The molecular weight excluding hydrogens is 381 g/mol. The van der Waals surface area contributed by atoms with E-state index in [9.17, 15) is 9.18 Å². The average molecular weight is 394 g/mol. The van der Waals surface area contributed by atoms with E-state index in [4.69, 9.17) is 5.41 Å². The minimum Gasteiger partial charge on any atom is -0.361 e. The first kappa shape index (κ1) is 16.0. The number of H-pyrrole nitrogens is 1. The fraction of sp³-hybridized carbons (Fsp3) is 0.125. The molecule has 7 heteroatoms. The van der Waals surface area contributed by atoms with Crippen molar-refractivity contribution in [2.45, 2.75) is 6.54 Å². The molecular formula is C16H13BrFN3OS. The summed E-state index contributed by atoms with van der Waals surface area (Å²) in [6.07, 6.45) is 5.13. The second-order valence-electron chi connectivity index (χ2n) is 5.01. The van der Waals surface area contributed by atoms with Crippen molar-refractivity contribution in [3.05, 3.63) is 68.4 Å². The molecule has 2 heterocycles. The van der Waals surface area contributed by atoms with Crippen molar-refractivity contribution in [1.29, 1.82) is 5.41 Å². The maximum absolute atomic E-state index is 14.4. The van der Waals surface area contributed by atoms with Crippen molar-refractivity contribution < 1.29 is 4.39 Å². The summed E-state index contributed by atoms with van der Waals surface area (Å²) in [5.41, 5.74) is 1.51. The molecule has 0 saturated heterocycles. The SMILES string of the molecule is CSC(=N)c1ccc(=O)n(Cc2c(F)cc3[nH]ccc3c2Br)c1. The molecule has 0 bridgehead atoms. The zero-order valence-electron chi connectivity index (χ0n) is 12.2. The van der Waals surface area contributed by atoms with Gasteiger partial charge >= 0.3 is 0 Å². The van der Waals surface area contributed by atoms with Gasteiger partial charge in [0.05, 0.1) is 11.6 Å². The normalized spacial score (nSPS) is 11.1. The zero-order chi connectivity index (χ0) is 16.6. The lowest BCUT2D eigenvalue weighted by Crippen LogP contribution is -2.21. The number of aromatic nitrogens is 2. The van der Waals surface area contributed by atoms with Crippen LogP contribution in [0.1, 0.15) is 11.1 Å². The quantitative estimate of drug-likeness (QED) is 0.522. The smallest absolute Gasteiger partial charge is 0.250 e. The number of pyridine rings is 1. The molecule has 3 aromatic rings. The van der Waals surface area contributed by atoms with Gasteiger partial charge in [-0.05, 0) is 40.4 Å². The molecule has 0 aliphatic heterocycles. The van der Waals surface area contributed by atoms with E-state index in [0.29, 0.717) is 26.2 Å². The number of thioether (sulfide) groups is 1. The van der Waals surface area contributed by atoms with Crippen LogP contribution in [0.3, 0.4) is 0 Å². The van der Waals surface area contributed by atoms with Gasteiger partial charge in [0.1, 0.15) is 5.82 Å². The van der Waals surface area contributed by atoms with E-state index in [1.165, 1.54) is 28.5 Å². The first-order valence-corrected chi connectivity index (χ1v) is 8.80. The Morgan fingerprint density at radius 1 is 1.43 bits per heavy atom. The third kappa shape index (κ3) is 2.98. The Bertz CT molecular complexity index is 964. The number of fused-ring (bicyclic) bond motifs is 1. The number of hydrogen-bond acceptors (Lipinski definition) is 3. The number of nitrogens with one attached hydrogen (secondary N) is 2. The van der Waals surface area contributed by atoms with Crippen molar-refractivity contribution in [1.82, 2.24) is 9.55 Å². The van der Waals surface area contributed by atoms with Gasteiger partial charge in [-0.15, -0.1) is 11.8 Å². The first-order chi connectivity index (χ1) is 11.0. The van der Waals surface area contributed by atoms with Crippen molar-refractivity contribution in [3.8, 4) is 0 Å². The lowest BCUT2D eigenvalue weighted by molar-refractivity contribution is 0.596. The van der Waals surface area contributed by atoms with Crippen molar-refractivity contribution in [2.75, 3.05) is 6.26 Å². The largest absolute Gasteiger partial charge is 0.361 e. The van der Waals surface area contributed by atoms with Crippen LogP contribution in [0.5, 0.6) is 0 Å². The summed E-state index contributed by atoms with van der Waals surface area (Å²) in [5.74, 6) is -0.385. The van der Waals surface area contributed by atoms with E-state index < -0.39 is 0 Å². The Hall–Kier alpha value is -1.86. The Kier molecular flexibility index (Phi) is 4.41. The summed E-state index contributed by atoms with van der Waals surface area (Å²) in [6.45, 7) is 0.0991. The topological polar surface area (TPSA) is 61.6 Å². The molecule has 0 aliphatic carbocycles. The van der Waals surface area contributed by atoms with Gasteiger partial charge in [0, 0.05) is 45.0 Å². The van der Waals surface area contributed by atoms with E-state index in [2.05, 4.69) is 20.9 Å². The highest BCUT2D eigenvalue weighted by molar-refractivity contribution is 9.10. The second kappa shape index (κ2) is 6.33. The summed E-state index contributed by atoms with van der Waals surface area (Å²) >= 11 is 4.72. The molecule has 0 unspecified atom stereocenters. The summed E-state index contributed by atoms with van der Waals surface area (Å²) < 4.78 is 16.4. The molecule has 0 aliphatic rings. The number of aromatic amines is 1. The maximum Gasteiger partial charge on any atom is 0.250 e. The number of rotatable bonds is 3. The Morgan fingerprint density at radius 2 is 2.22 bits per heavy atom. The zero-order valence-corrected chi connectivity index (χ0v) is 14.6. The second-order valence-corrected chi connectivity index (χ2v) is 6.62. The van der Waals surface area contributed by atoms with E-state index in [-0.39, 0.29) is 17.9 Å². The van der Waals surface area contributed by atoms with E-state index in [1.54, 1.807) is 24.7 Å². The van der Waals surface area contributed by atoms with Gasteiger partial charge < -0.3 is 9.55 Å². The van der Waals surface area contributed by atoms with Crippen LogP contribution in [0.25, 0.3) is 10.9 Å². The molecule has 0 amide bonds. The maximum atomic E-state index is 14.4. The molecule has 0 fully saturated rings. The van der Waals surface area contributed by atoms with Crippen LogP contribution in [-0.4, -0.2) is 20.9 Å². The van der Waals surface area contributed by atoms with Gasteiger partial charge in [0.25, 0.3) is 5.56 Å². The molecule has 0 spiro atoms. The molecule has 0 atom stereocenters. The number of halogens is 2. The number of nitrogens with zero attached hydrogens (tertiary/aromatic N) is 1. The van der Waals surface area contributed by atoms with Crippen molar-refractivity contribution in [2.24, 2.45) is 0 Å². The third-order valence-corrected chi connectivity index (χ3v) is 5.17. The molecule has 1 aromatic carbocycles. The highest BCUT2D eigenvalue weighted by Gasteiger charge is 2.14. The van der Waals surface area contributed by atoms with Crippen LogP contribution in [0.4, 0.5) is 4.39 Å². The van der Waals surface area contributed by atoms with Crippen molar-refractivity contribution >= 4 is 43.6 Å². The number of benzene rings is 1. The molecule has 2 aromatic heterocycles. The molecule has 2 N–H and O–H groups in total. The Labute approximate surface area is 144 Å². The van der Waals surface area contributed by atoms with Gasteiger partial charge in [-0.3, -0.25) is 10.2 Å². The average Bonchev–Trinajstić information content (AvgIpc) is 3.00. The van der Waals surface area contributed by atoms with E-state index in [0.717, 1.165) is 5.39 Å². The fourth-order valence-corrected chi connectivity index (χ4v) is 3.41. The van der Waals surface area contributed by atoms with Gasteiger partial charge in [0.2, 0.25) is 0 Å². The molecule has 0 radical (unpaired) electrons. The molecule has 0 saturated carbocycles. The van der Waals surface area contributed by atoms with Gasteiger partial charge in [-0.25, -0.2) is 4.39 Å². The highest BCUT2D eigenvalue weighted by atomic mass is 79.9. The third-order valence-electron chi connectivity index (χ3n) is 3.62. The Balaban J connectivity index is 2.09. The van der Waals surface area contributed by atoms with Crippen LogP contribution in [-0.2, 0) is 6.54 Å². The summed E-state index contributed by atoms with van der Waals surface area (Å²) in [6, 6.07) is 6.29. The van der Waals surface area contributed by atoms with Gasteiger partial charge in [0.15, 0.2) is 0 Å². The minimum atomic E-state index is -0.385. The first-order valence-electron chi connectivity index (χ1n) is 6.78. The standard InChI is InChI=1S/C16H13BrFN3OS/c1-23-16(19)9-2-3-14(22)21(7-9)8-11-12(18)6-13-10(15(11)17)4-5-20-13/h2-7,19-20H,8H2,1H3. The minimum absolute atomic E-state index is 0.0991. The van der Waals surface area contributed by atoms with Crippen molar-refractivity contribution in [3.63, 3.8) is 0 Å². The van der Waals surface area contributed by atoms with Crippen LogP contribution in [0.15, 0.2) is 45.9 Å². The predicted molar refractivity (Wildman–Crippen MR) is 96.1 cm³/mol. The lowest BCUT2D eigenvalue weighted by atomic mass is 10.1. The summed E-state index contributed by atoms with van der Waals surface area (Å²) in [5, 5.41) is 9.08.